The maximum atomic E-state index is 4.51. The minimum Gasteiger partial charge on any atom is -0.352 e. The highest BCUT2D eigenvalue weighted by Crippen LogP contribution is 2.11. The van der Waals surface area contributed by atoms with E-state index < -0.39 is 0 Å². The number of aromatic nitrogens is 1. The monoisotopic (exact) mass is 316 g/mol. The van der Waals surface area contributed by atoms with Crippen LogP contribution in [-0.2, 0) is 19.5 Å². The van der Waals surface area contributed by atoms with Gasteiger partial charge in [-0.2, -0.15) is 0 Å². The second kappa shape index (κ2) is 7.94. The van der Waals surface area contributed by atoms with Crippen LogP contribution in [-0.4, -0.2) is 29.9 Å². The molecule has 5 heteroatoms. The molecule has 22 heavy (non-hydrogen) atoms. The van der Waals surface area contributed by atoms with Crippen molar-refractivity contribution in [3.05, 3.63) is 51.5 Å². The fourth-order valence-corrected chi connectivity index (χ4v) is 3.04. The Labute approximate surface area is 136 Å². The Bertz CT molecular complexity index is 633. The van der Waals surface area contributed by atoms with Crippen molar-refractivity contribution in [3.8, 4) is 0 Å². The molecule has 1 heterocycles. The van der Waals surface area contributed by atoms with Gasteiger partial charge in [0.15, 0.2) is 5.96 Å². The highest BCUT2D eigenvalue weighted by Gasteiger charge is 2.09. The van der Waals surface area contributed by atoms with Crippen molar-refractivity contribution in [2.45, 2.75) is 33.4 Å². The van der Waals surface area contributed by atoms with Gasteiger partial charge in [0.05, 0.1) is 17.2 Å². The maximum absolute atomic E-state index is 4.51. The van der Waals surface area contributed by atoms with Crippen molar-refractivity contribution in [1.82, 2.24) is 15.2 Å². The molecular weight excluding hydrogens is 292 g/mol. The van der Waals surface area contributed by atoms with E-state index in [1.54, 1.807) is 11.3 Å². The zero-order valence-corrected chi connectivity index (χ0v) is 14.6. The van der Waals surface area contributed by atoms with Crippen LogP contribution >= 0.6 is 11.3 Å². The van der Waals surface area contributed by atoms with Crippen LogP contribution in [0.4, 0.5) is 0 Å². The summed E-state index contributed by atoms with van der Waals surface area (Å²) in [5.74, 6) is 0.886. The molecule has 4 nitrogen and oxygen atoms in total. The predicted molar refractivity (Wildman–Crippen MR) is 94.3 cm³/mol. The summed E-state index contributed by atoms with van der Waals surface area (Å²) >= 11 is 1.68. The number of thiazole rings is 1. The Kier molecular flexibility index (Phi) is 5.95. The average molecular weight is 316 g/mol. The molecule has 1 aromatic heterocycles. The van der Waals surface area contributed by atoms with Crippen molar-refractivity contribution in [2.24, 2.45) is 4.99 Å². The first kappa shape index (κ1) is 16.5. The third-order valence-corrected chi connectivity index (χ3v) is 4.40. The molecule has 0 aliphatic carbocycles. The van der Waals surface area contributed by atoms with Crippen LogP contribution < -0.4 is 5.32 Å². The van der Waals surface area contributed by atoms with Crippen LogP contribution in [0.15, 0.2) is 34.6 Å². The summed E-state index contributed by atoms with van der Waals surface area (Å²) in [5, 5.41) is 6.64. The Morgan fingerprint density at radius 3 is 2.64 bits per heavy atom. The van der Waals surface area contributed by atoms with E-state index in [1.165, 1.54) is 11.1 Å². The quantitative estimate of drug-likeness (QED) is 0.680. The van der Waals surface area contributed by atoms with Gasteiger partial charge >= 0.3 is 0 Å². The predicted octanol–water partition coefficient (Wildman–Crippen LogP) is 3.22. The number of aryl methyl sites for hydroxylation is 2. The first-order chi connectivity index (χ1) is 10.6. The summed E-state index contributed by atoms with van der Waals surface area (Å²) in [7, 11) is 3.85. The Balaban J connectivity index is 1.97. The molecule has 0 saturated heterocycles. The first-order valence-corrected chi connectivity index (χ1v) is 8.41. The average Bonchev–Trinajstić information content (AvgIpc) is 2.93. The zero-order chi connectivity index (χ0) is 15.9. The Morgan fingerprint density at radius 1 is 1.32 bits per heavy atom. The standard InChI is InChI=1S/C17H24N4S/c1-5-14-8-6-7-9-15(14)10-19-17(18-3)21(4)11-16-12-22-13(2)20-16/h6-9,12H,5,10-11H2,1-4H3,(H,18,19). The summed E-state index contributed by atoms with van der Waals surface area (Å²) < 4.78 is 0. The van der Waals surface area contributed by atoms with Crippen LogP contribution in [0.3, 0.4) is 0 Å². The van der Waals surface area contributed by atoms with Crippen molar-refractivity contribution < 1.29 is 0 Å². The SMILES string of the molecule is CCc1ccccc1CNC(=NC)N(C)Cc1csc(C)n1. The Hall–Kier alpha value is -1.88. The summed E-state index contributed by atoms with van der Waals surface area (Å²) in [6.07, 6.45) is 1.05. The second-order valence-electron chi connectivity index (χ2n) is 5.24. The molecule has 0 saturated carbocycles. The fourth-order valence-electron chi connectivity index (χ4n) is 2.43. The number of benzene rings is 1. The molecule has 0 unspecified atom stereocenters. The minimum absolute atomic E-state index is 0.763. The molecule has 0 aliphatic rings. The van der Waals surface area contributed by atoms with Crippen molar-refractivity contribution in [3.63, 3.8) is 0 Å². The molecule has 0 fully saturated rings. The number of nitrogens with one attached hydrogen (secondary N) is 1. The van der Waals surface area contributed by atoms with Gasteiger partial charge in [0.1, 0.15) is 0 Å². The van der Waals surface area contributed by atoms with Gasteiger partial charge < -0.3 is 10.2 Å². The van der Waals surface area contributed by atoms with Crippen LogP contribution in [0.25, 0.3) is 0 Å². The second-order valence-corrected chi connectivity index (χ2v) is 6.30. The van der Waals surface area contributed by atoms with Gasteiger partial charge in [-0.15, -0.1) is 11.3 Å². The van der Waals surface area contributed by atoms with Gasteiger partial charge in [0.25, 0.3) is 0 Å². The van der Waals surface area contributed by atoms with Gasteiger partial charge in [-0.05, 0) is 24.5 Å². The van der Waals surface area contributed by atoms with E-state index in [2.05, 4.69) is 56.8 Å². The largest absolute Gasteiger partial charge is 0.352 e. The molecular formula is C17H24N4S. The van der Waals surface area contributed by atoms with E-state index >= 15 is 0 Å². The molecule has 1 aromatic carbocycles. The van der Waals surface area contributed by atoms with Gasteiger partial charge in [-0.3, -0.25) is 4.99 Å². The lowest BCUT2D eigenvalue weighted by Gasteiger charge is -2.21. The van der Waals surface area contributed by atoms with Gasteiger partial charge in [-0.25, -0.2) is 4.98 Å². The molecule has 0 radical (unpaired) electrons. The summed E-state index contributed by atoms with van der Waals surface area (Å²) in [6, 6.07) is 8.53. The molecule has 0 atom stereocenters. The fraction of sp³-hybridized carbons (Fsp3) is 0.412. The molecule has 0 amide bonds. The van der Waals surface area contributed by atoms with E-state index in [9.17, 15) is 0 Å². The summed E-state index contributed by atoms with van der Waals surface area (Å²) in [5.41, 5.74) is 3.79. The lowest BCUT2D eigenvalue weighted by atomic mass is 10.1. The van der Waals surface area contributed by atoms with E-state index in [4.69, 9.17) is 0 Å². The van der Waals surface area contributed by atoms with E-state index in [0.29, 0.717) is 0 Å². The first-order valence-electron chi connectivity index (χ1n) is 7.53. The van der Waals surface area contributed by atoms with Gasteiger partial charge in [-0.1, -0.05) is 31.2 Å². The molecule has 0 aliphatic heterocycles. The van der Waals surface area contributed by atoms with Gasteiger partial charge in [0, 0.05) is 26.0 Å². The third kappa shape index (κ3) is 4.31. The lowest BCUT2D eigenvalue weighted by molar-refractivity contribution is 0.470. The minimum atomic E-state index is 0.763. The van der Waals surface area contributed by atoms with Crippen LogP contribution in [0.5, 0.6) is 0 Å². The Morgan fingerprint density at radius 2 is 2.05 bits per heavy atom. The smallest absolute Gasteiger partial charge is 0.194 e. The number of rotatable bonds is 5. The lowest BCUT2D eigenvalue weighted by Crippen LogP contribution is -2.38. The van der Waals surface area contributed by atoms with Crippen LogP contribution in [0.2, 0.25) is 0 Å². The molecule has 1 N–H and O–H groups in total. The van der Waals surface area contributed by atoms with E-state index in [-0.39, 0.29) is 0 Å². The van der Waals surface area contributed by atoms with Crippen molar-refractivity contribution in [2.75, 3.05) is 14.1 Å². The topological polar surface area (TPSA) is 40.5 Å². The van der Waals surface area contributed by atoms with Crippen molar-refractivity contribution in [1.29, 1.82) is 0 Å². The van der Waals surface area contributed by atoms with Crippen LogP contribution in [0, 0.1) is 6.92 Å². The molecule has 2 rings (SSSR count). The van der Waals surface area contributed by atoms with E-state index in [0.717, 1.165) is 36.2 Å². The number of aliphatic imine (C=N–C) groups is 1. The third-order valence-electron chi connectivity index (χ3n) is 3.58. The number of nitrogens with zero attached hydrogens (tertiary/aromatic N) is 3. The maximum Gasteiger partial charge on any atom is 0.194 e. The normalized spacial score (nSPS) is 11.5. The zero-order valence-electron chi connectivity index (χ0n) is 13.8. The number of hydrogen-bond donors (Lipinski definition) is 1. The highest BCUT2D eigenvalue weighted by molar-refractivity contribution is 7.09. The van der Waals surface area contributed by atoms with Crippen LogP contribution in [0.1, 0.15) is 28.8 Å². The number of hydrogen-bond acceptors (Lipinski definition) is 3. The number of guanidine groups is 1. The van der Waals surface area contributed by atoms with Gasteiger partial charge in [0.2, 0.25) is 0 Å². The molecule has 2 aromatic rings. The molecule has 118 valence electrons. The summed E-state index contributed by atoms with van der Waals surface area (Å²) in [4.78, 5) is 11.0. The molecule has 0 spiro atoms. The van der Waals surface area contributed by atoms with Crippen molar-refractivity contribution >= 4 is 17.3 Å². The van der Waals surface area contributed by atoms with E-state index in [1.807, 2.05) is 21.0 Å². The summed E-state index contributed by atoms with van der Waals surface area (Å²) in [6.45, 7) is 5.77. The highest BCUT2D eigenvalue weighted by atomic mass is 32.1. The molecule has 0 bridgehead atoms.